The number of rotatable bonds is 2. The maximum Gasteiger partial charge on any atom is 0.244 e. The Balaban J connectivity index is 0.00000144. The molecule has 0 spiro atoms. The van der Waals surface area contributed by atoms with E-state index < -0.39 is 5.54 Å². The Bertz CT molecular complexity index is 427. The van der Waals surface area contributed by atoms with Crippen LogP contribution in [-0.4, -0.2) is 11.4 Å². The van der Waals surface area contributed by atoms with E-state index in [0.29, 0.717) is 0 Å². The van der Waals surface area contributed by atoms with E-state index >= 15 is 0 Å². The van der Waals surface area contributed by atoms with Crippen LogP contribution in [-0.2, 0) is 4.79 Å². The molecule has 0 atom stereocenters. The number of carbonyl (C=O) groups excluding carboxylic acids is 1. The Hall–Kier alpha value is -1.06. The summed E-state index contributed by atoms with van der Waals surface area (Å²) < 4.78 is 0. The number of benzene rings is 1. The van der Waals surface area contributed by atoms with E-state index in [4.69, 9.17) is 5.73 Å². The van der Waals surface area contributed by atoms with Crippen LogP contribution in [0.15, 0.2) is 18.2 Å². The largest absolute Gasteiger partial charge is 0.324 e. The molecule has 17 heavy (non-hydrogen) atoms. The highest BCUT2D eigenvalue weighted by Crippen LogP contribution is 2.30. The lowest BCUT2D eigenvalue weighted by Crippen LogP contribution is -2.56. The van der Waals surface area contributed by atoms with Gasteiger partial charge in [0.2, 0.25) is 5.91 Å². The van der Waals surface area contributed by atoms with Gasteiger partial charge in [0.15, 0.2) is 0 Å². The molecule has 1 aliphatic carbocycles. The molecule has 1 aromatic carbocycles. The topological polar surface area (TPSA) is 55.1 Å². The van der Waals surface area contributed by atoms with Gasteiger partial charge in [-0.1, -0.05) is 6.07 Å². The predicted molar refractivity (Wildman–Crippen MR) is 72.6 cm³/mol. The van der Waals surface area contributed by atoms with Crippen LogP contribution < -0.4 is 11.1 Å². The summed E-state index contributed by atoms with van der Waals surface area (Å²) in [7, 11) is 0. The van der Waals surface area contributed by atoms with Crippen molar-refractivity contribution in [1.82, 2.24) is 0 Å². The maximum absolute atomic E-state index is 11.9. The number of nitrogens with one attached hydrogen (secondary N) is 1. The van der Waals surface area contributed by atoms with Crippen LogP contribution in [0.25, 0.3) is 0 Å². The number of nitrogens with two attached hydrogens (primary N) is 1. The van der Waals surface area contributed by atoms with E-state index in [1.54, 1.807) is 0 Å². The number of hydrogen-bond donors (Lipinski definition) is 2. The van der Waals surface area contributed by atoms with Gasteiger partial charge in [-0.15, -0.1) is 12.4 Å². The molecular weight excluding hydrogens is 236 g/mol. The van der Waals surface area contributed by atoms with Crippen molar-refractivity contribution in [2.45, 2.75) is 38.6 Å². The normalized spacial score (nSPS) is 16.6. The zero-order valence-corrected chi connectivity index (χ0v) is 11.1. The zero-order chi connectivity index (χ0) is 11.8. The molecule has 0 unspecified atom stereocenters. The molecule has 3 N–H and O–H groups in total. The smallest absolute Gasteiger partial charge is 0.244 e. The van der Waals surface area contributed by atoms with Gasteiger partial charge < -0.3 is 11.1 Å². The van der Waals surface area contributed by atoms with Gasteiger partial charge in [0.25, 0.3) is 0 Å². The molecule has 1 fully saturated rings. The van der Waals surface area contributed by atoms with Crippen molar-refractivity contribution in [3.8, 4) is 0 Å². The summed E-state index contributed by atoms with van der Waals surface area (Å²) in [5, 5.41) is 2.89. The van der Waals surface area contributed by atoms with Crippen LogP contribution >= 0.6 is 12.4 Å². The highest BCUT2D eigenvalue weighted by atomic mass is 35.5. The van der Waals surface area contributed by atoms with Gasteiger partial charge in [0.1, 0.15) is 0 Å². The van der Waals surface area contributed by atoms with Crippen LogP contribution in [0.2, 0.25) is 0 Å². The molecule has 1 aromatic rings. The molecule has 0 aromatic heterocycles. The molecule has 3 nitrogen and oxygen atoms in total. The first-order valence-electron chi connectivity index (χ1n) is 5.69. The zero-order valence-electron chi connectivity index (χ0n) is 10.2. The van der Waals surface area contributed by atoms with Crippen molar-refractivity contribution < 1.29 is 4.79 Å². The van der Waals surface area contributed by atoms with Gasteiger partial charge in [-0.25, -0.2) is 0 Å². The quantitative estimate of drug-likeness (QED) is 0.852. The predicted octanol–water partition coefficient (Wildman–Crippen LogP) is 2.55. The first-order chi connectivity index (χ1) is 7.51. The summed E-state index contributed by atoms with van der Waals surface area (Å²) in [6.45, 7) is 4.09. The summed E-state index contributed by atoms with van der Waals surface area (Å²) in [6, 6.07) is 5.91. The summed E-state index contributed by atoms with van der Waals surface area (Å²) >= 11 is 0. The van der Waals surface area contributed by atoms with Crippen molar-refractivity contribution >= 4 is 24.0 Å². The fraction of sp³-hybridized carbons (Fsp3) is 0.462. The molecule has 94 valence electrons. The fourth-order valence-electron chi connectivity index (χ4n) is 1.86. The van der Waals surface area contributed by atoms with E-state index in [1.165, 1.54) is 11.1 Å². The van der Waals surface area contributed by atoms with Gasteiger partial charge in [-0.2, -0.15) is 0 Å². The minimum absolute atomic E-state index is 0. The second kappa shape index (κ2) is 5.07. The number of amides is 1. The Labute approximate surface area is 108 Å². The van der Waals surface area contributed by atoms with Crippen molar-refractivity contribution in [2.75, 3.05) is 5.32 Å². The lowest BCUT2D eigenvalue weighted by atomic mass is 9.77. The number of carbonyl (C=O) groups is 1. The van der Waals surface area contributed by atoms with Crippen LogP contribution in [0.5, 0.6) is 0 Å². The first-order valence-corrected chi connectivity index (χ1v) is 5.69. The molecule has 4 heteroatoms. The number of aryl methyl sites for hydroxylation is 2. The highest BCUT2D eigenvalue weighted by Gasteiger charge is 2.40. The molecule has 1 amide bonds. The van der Waals surface area contributed by atoms with Gasteiger partial charge >= 0.3 is 0 Å². The molecule has 1 saturated carbocycles. The van der Waals surface area contributed by atoms with Crippen molar-refractivity contribution in [3.05, 3.63) is 29.3 Å². The monoisotopic (exact) mass is 254 g/mol. The second-order valence-corrected chi connectivity index (χ2v) is 4.76. The van der Waals surface area contributed by atoms with Gasteiger partial charge in [-0.05, 0) is 56.4 Å². The summed E-state index contributed by atoms with van der Waals surface area (Å²) in [6.07, 6.45) is 2.64. The summed E-state index contributed by atoms with van der Waals surface area (Å²) in [5.74, 6) is -0.0537. The molecule has 0 bridgehead atoms. The lowest BCUT2D eigenvalue weighted by molar-refractivity contribution is -0.123. The molecule has 1 aliphatic rings. The van der Waals surface area contributed by atoms with Crippen molar-refractivity contribution in [2.24, 2.45) is 5.73 Å². The first kappa shape index (κ1) is 14.0. The van der Waals surface area contributed by atoms with Gasteiger partial charge in [0, 0.05) is 5.69 Å². The molecule has 0 radical (unpaired) electrons. The Morgan fingerprint density at radius 1 is 1.29 bits per heavy atom. The fourth-order valence-corrected chi connectivity index (χ4v) is 1.86. The third-order valence-electron chi connectivity index (χ3n) is 3.46. The third kappa shape index (κ3) is 2.79. The summed E-state index contributed by atoms with van der Waals surface area (Å²) in [5.41, 5.74) is 8.57. The van der Waals surface area contributed by atoms with Crippen LogP contribution in [0.3, 0.4) is 0 Å². The summed E-state index contributed by atoms with van der Waals surface area (Å²) in [4.78, 5) is 11.9. The number of hydrogen-bond acceptors (Lipinski definition) is 2. The minimum Gasteiger partial charge on any atom is -0.324 e. The molecule has 0 heterocycles. The van der Waals surface area contributed by atoms with Crippen LogP contribution in [0.1, 0.15) is 30.4 Å². The maximum atomic E-state index is 11.9. The molecule has 0 aliphatic heterocycles. The lowest BCUT2D eigenvalue weighted by Gasteiger charge is -2.36. The average Bonchev–Trinajstić information content (AvgIpc) is 2.20. The number of anilines is 1. The van der Waals surface area contributed by atoms with Crippen molar-refractivity contribution in [3.63, 3.8) is 0 Å². The van der Waals surface area contributed by atoms with E-state index in [0.717, 1.165) is 24.9 Å². The van der Waals surface area contributed by atoms with E-state index in [-0.39, 0.29) is 18.3 Å². The SMILES string of the molecule is Cc1ccc(NC(=O)C2(N)CCC2)cc1C.Cl. The highest BCUT2D eigenvalue weighted by molar-refractivity contribution is 5.98. The standard InChI is InChI=1S/C13H18N2O.ClH/c1-9-4-5-11(8-10(9)2)15-12(16)13(14)6-3-7-13;/h4-5,8H,3,6-7,14H2,1-2H3,(H,15,16);1H. The molecular formula is C13H19ClN2O. The second-order valence-electron chi connectivity index (χ2n) is 4.76. The van der Waals surface area contributed by atoms with Crippen LogP contribution in [0.4, 0.5) is 5.69 Å². The molecule has 0 saturated heterocycles. The Kier molecular flexibility index (Phi) is 4.17. The van der Waals surface area contributed by atoms with E-state index in [2.05, 4.69) is 12.2 Å². The van der Waals surface area contributed by atoms with Gasteiger partial charge in [0.05, 0.1) is 5.54 Å². The third-order valence-corrected chi connectivity index (χ3v) is 3.46. The average molecular weight is 255 g/mol. The van der Waals surface area contributed by atoms with E-state index in [9.17, 15) is 4.79 Å². The van der Waals surface area contributed by atoms with Gasteiger partial charge in [-0.3, -0.25) is 4.79 Å². The van der Waals surface area contributed by atoms with E-state index in [1.807, 2.05) is 25.1 Å². The van der Waals surface area contributed by atoms with Crippen LogP contribution in [0, 0.1) is 13.8 Å². The Morgan fingerprint density at radius 2 is 1.94 bits per heavy atom. The molecule has 2 rings (SSSR count). The number of halogens is 1. The Morgan fingerprint density at radius 3 is 2.41 bits per heavy atom. The minimum atomic E-state index is -0.626. The van der Waals surface area contributed by atoms with Crippen molar-refractivity contribution in [1.29, 1.82) is 0 Å².